The lowest BCUT2D eigenvalue weighted by molar-refractivity contribution is -0.137. The average molecular weight is 698 g/mol. The van der Waals surface area contributed by atoms with Crippen molar-refractivity contribution in [1.29, 1.82) is 0 Å². The van der Waals surface area contributed by atoms with E-state index in [-0.39, 0.29) is 55.1 Å². The number of rotatable bonds is 7. The molecule has 11 nitrogen and oxygen atoms in total. The largest absolute Gasteiger partial charge is 0.491 e. The first kappa shape index (κ1) is 38.6. The van der Waals surface area contributed by atoms with E-state index in [1.165, 1.54) is 10.5 Å². The second kappa shape index (κ2) is 19.3. The molecule has 0 aromatic heterocycles. The maximum absolute atomic E-state index is 13.9. The van der Waals surface area contributed by atoms with Gasteiger partial charge in [-0.3, -0.25) is 24.0 Å². The quantitative estimate of drug-likeness (QED) is 0.386. The van der Waals surface area contributed by atoms with Crippen LogP contribution in [0.15, 0.2) is 84.9 Å². The van der Waals surface area contributed by atoms with Gasteiger partial charge in [0.05, 0.1) is 11.6 Å². The van der Waals surface area contributed by atoms with Gasteiger partial charge in [-0.25, -0.2) is 0 Å². The van der Waals surface area contributed by atoms with Crippen molar-refractivity contribution in [3.05, 3.63) is 102 Å². The highest BCUT2D eigenvalue weighted by Gasteiger charge is 2.29. The fraction of sp³-hybridized carbons (Fsp3) is 0.425. The van der Waals surface area contributed by atoms with E-state index >= 15 is 0 Å². The number of hydrogen-bond donors (Lipinski definition) is 2. The predicted molar refractivity (Wildman–Crippen MR) is 196 cm³/mol. The van der Waals surface area contributed by atoms with Gasteiger partial charge in [0, 0.05) is 47.1 Å². The summed E-state index contributed by atoms with van der Waals surface area (Å²) in [5, 5.41) is 5.70. The van der Waals surface area contributed by atoms with Gasteiger partial charge in [-0.1, -0.05) is 72.8 Å². The Labute approximate surface area is 301 Å². The number of nitrogens with one attached hydrogen (secondary N) is 2. The van der Waals surface area contributed by atoms with Crippen molar-refractivity contribution in [3.63, 3.8) is 0 Å². The van der Waals surface area contributed by atoms with Crippen LogP contribution in [0.3, 0.4) is 0 Å². The van der Waals surface area contributed by atoms with Gasteiger partial charge >= 0.3 is 0 Å². The minimum Gasteiger partial charge on any atom is -0.491 e. The highest BCUT2D eigenvalue weighted by Crippen LogP contribution is 2.21. The van der Waals surface area contributed by atoms with E-state index < -0.39 is 24.0 Å². The fourth-order valence-corrected chi connectivity index (χ4v) is 6.12. The van der Waals surface area contributed by atoms with Crippen LogP contribution in [0.5, 0.6) is 5.75 Å². The number of carbonyl (C=O) groups excluding carboxylic acids is 5. The Hall–Kier alpha value is -5.19. The third-order valence-electron chi connectivity index (χ3n) is 9.27. The Morgan fingerprint density at radius 2 is 1.51 bits per heavy atom. The molecule has 3 atom stereocenters. The molecule has 272 valence electrons. The maximum atomic E-state index is 13.9. The minimum absolute atomic E-state index is 0.0222. The first-order valence-corrected chi connectivity index (χ1v) is 17.7. The Balaban J connectivity index is 1.58. The molecule has 1 aliphatic heterocycles. The number of hydrogen-bond acceptors (Lipinski definition) is 6. The number of fused-ring (bicyclic) bond motifs is 1. The molecule has 0 fully saturated rings. The second-order valence-corrected chi connectivity index (χ2v) is 13.2. The van der Waals surface area contributed by atoms with Gasteiger partial charge in [0.2, 0.25) is 23.6 Å². The van der Waals surface area contributed by atoms with E-state index in [1.807, 2.05) is 60.7 Å². The number of para-hydroxylation sites is 1. The third-order valence-corrected chi connectivity index (χ3v) is 9.27. The van der Waals surface area contributed by atoms with Crippen LogP contribution in [-0.2, 0) is 32.0 Å². The lowest BCUT2D eigenvalue weighted by Gasteiger charge is -2.31. The molecule has 0 saturated heterocycles. The summed E-state index contributed by atoms with van der Waals surface area (Å²) in [7, 11) is 5.04. The predicted octanol–water partition coefficient (Wildman–Crippen LogP) is 3.86. The maximum Gasteiger partial charge on any atom is 0.255 e. The summed E-state index contributed by atoms with van der Waals surface area (Å²) in [4.78, 5) is 71.9. The molecule has 2 N–H and O–H groups in total. The summed E-state index contributed by atoms with van der Waals surface area (Å²) in [6.07, 6.45) is 2.67. The monoisotopic (exact) mass is 697 g/mol. The van der Waals surface area contributed by atoms with Crippen LogP contribution in [0.2, 0.25) is 0 Å². The van der Waals surface area contributed by atoms with Crippen LogP contribution in [0, 0.1) is 0 Å². The van der Waals surface area contributed by atoms with Gasteiger partial charge in [-0.2, -0.15) is 0 Å². The number of amides is 5. The molecule has 0 radical (unpaired) electrons. The zero-order valence-electron chi connectivity index (χ0n) is 30.2. The molecule has 0 unspecified atom stereocenters. The van der Waals surface area contributed by atoms with Crippen molar-refractivity contribution in [2.75, 3.05) is 40.8 Å². The van der Waals surface area contributed by atoms with E-state index in [2.05, 4.69) is 10.6 Å². The Morgan fingerprint density at radius 3 is 2.22 bits per heavy atom. The van der Waals surface area contributed by atoms with Gasteiger partial charge in [0.1, 0.15) is 24.4 Å². The lowest BCUT2D eigenvalue weighted by atomic mass is 10.0. The highest BCUT2D eigenvalue weighted by molar-refractivity contribution is 5.99. The third kappa shape index (κ3) is 11.7. The number of nitrogens with zero attached hydrogens (tertiary/aromatic N) is 3. The van der Waals surface area contributed by atoms with Crippen LogP contribution in [0.1, 0.15) is 60.5 Å². The van der Waals surface area contributed by atoms with E-state index in [9.17, 15) is 24.0 Å². The normalized spacial score (nSPS) is 20.0. The molecule has 0 spiro atoms. The molecule has 0 bridgehead atoms. The van der Waals surface area contributed by atoms with Crippen LogP contribution in [-0.4, -0.2) is 103 Å². The van der Waals surface area contributed by atoms with E-state index in [1.54, 1.807) is 62.1 Å². The Morgan fingerprint density at radius 1 is 0.863 bits per heavy atom. The molecule has 51 heavy (non-hydrogen) atoms. The van der Waals surface area contributed by atoms with Crippen LogP contribution in [0.4, 0.5) is 0 Å². The van der Waals surface area contributed by atoms with Gasteiger partial charge < -0.3 is 30.1 Å². The molecule has 1 heterocycles. The van der Waals surface area contributed by atoms with Crippen molar-refractivity contribution in [1.82, 2.24) is 25.3 Å². The molecule has 1 aliphatic rings. The van der Waals surface area contributed by atoms with E-state index in [0.717, 1.165) is 18.4 Å². The summed E-state index contributed by atoms with van der Waals surface area (Å²) < 4.78 is 6.27. The van der Waals surface area contributed by atoms with Crippen LogP contribution in [0.25, 0.3) is 0 Å². The molecule has 11 heteroatoms. The summed E-state index contributed by atoms with van der Waals surface area (Å²) in [6, 6.07) is 24.3. The number of likely N-dealkylation sites (N-methyl/N-ethyl adjacent to an activating group) is 2. The number of aryl methyl sites for hydroxylation is 1. The lowest BCUT2D eigenvalue weighted by Crippen LogP contribution is -2.51. The molecule has 4 rings (SSSR count). The molecular weight excluding hydrogens is 646 g/mol. The van der Waals surface area contributed by atoms with Crippen molar-refractivity contribution in [2.45, 2.75) is 70.0 Å². The minimum atomic E-state index is -0.961. The topological polar surface area (TPSA) is 128 Å². The summed E-state index contributed by atoms with van der Waals surface area (Å²) in [5.41, 5.74) is 2.40. The molecule has 0 aliphatic carbocycles. The van der Waals surface area contributed by atoms with Crippen LogP contribution < -0.4 is 15.4 Å². The standard InChI is InChI=1S/C40H51N5O6/c1-29-39(49)45(4)32(27-31-17-9-6-10-18-31)28-51-35-21-12-11-20-33(35)38(48)42-34(23-24-37(47)43(2)25-14-22-36(46)41-29)40(50)44(3)26-13-19-30-15-7-5-8-16-30/h5-12,15-18,20-21,29,32,34H,13-14,19,22-28H2,1-4H3,(H,41,46)(H,42,48)/t29-,32-,34-/m0/s1. The zero-order valence-corrected chi connectivity index (χ0v) is 30.2. The number of ether oxygens (including phenoxy) is 1. The summed E-state index contributed by atoms with van der Waals surface area (Å²) in [5.74, 6) is -1.27. The first-order chi connectivity index (χ1) is 24.5. The first-order valence-electron chi connectivity index (χ1n) is 17.7. The Kier molecular flexibility index (Phi) is 14.6. The Bertz CT molecular complexity index is 1620. The molecule has 3 aromatic carbocycles. The van der Waals surface area contributed by atoms with Gasteiger partial charge in [-0.05, 0) is 62.3 Å². The zero-order chi connectivity index (χ0) is 36.8. The SMILES string of the molecule is C[C@@H]1NC(=O)CCCN(C)C(=O)CC[C@@H](C(=O)N(C)CCCc2ccccc2)NC(=O)c2ccccc2OC[C@H](Cc2ccccc2)N(C)C1=O. The van der Waals surface area contributed by atoms with Gasteiger partial charge in [-0.15, -0.1) is 0 Å². The van der Waals surface area contributed by atoms with Crippen molar-refractivity contribution in [2.24, 2.45) is 0 Å². The number of benzene rings is 3. The summed E-state index contributed by atoms with van der Waals surface area (Å²) in [6.45, 7) is 2.51. The highest BCUT2D eigenvalue weighted by atomic mass is 16.5. The molecule has 0 saturated carbocycles. The van der Waals surface area contributed by atoms with Gasteiger partial charge in [0.25, 0.3) is 5.91 Å². The second-order valence-electron chi connectivity index (χ2n) is 13.2. The smallest absolute Gasteiger partial charge is 0.255 e. The molecule has 3 aromatic rings. The van der Waals surface area contributed by atoms with Crippen molar-refractivity contribution < 1.29 is 28.7 Å². The molecule has 5 amide bonds. The molecular formula is C40H51N5O6. The fourth-order valence-electron chi connectivity index (χ4n) is 6.12. The number of carbonyl (C=O) groups is 5. The van der Waals surface area contributed by atoms with Gasteiger partial charge in [0.15, 0.2) is 0 Å². The van der Waals surface area contributed by atoms with Crippen LogP contribution >= 0.6 is 0 Å². The van der Waals surface area contributed by atoms with E-state index in [4.69, 9.17) is 4.74 Å². The summed E-state index contributed by atoms with van der Waals surface area (Å²) >= 11 is 0. The van der Waals surface area contributed by atoms with Crippen molar-refractivity contribution >= 4 is 29.5 Å². The van der Waals surface area contributed by atoms with Crippen molar-refractivity contribution in [3.8, 4) is 5.75 Å². The average Bonchev–Trinajstić information content (AvgIpc) is 3.14. The van der Waals surface area contributed by atoms with E-state index in [0.29, 0.717) is 31.7 Å².